The minimum absolute atomic E-state index is 0.559. The lowest BCUT2D eigenvalue weighted by Gasteiger charge is -2.10. The van der Waals surface area contributed by atoms with Gasteiger partial charge in [-0.25, -0.2) is 9.98 Å². The Bertz CT molecular complexity index is 335. The van der Waals surface area contributed by atoms with Gasteiger partial charge in [0.2, 0.25) is 0 Å². The van der Waals surface area contributed by atoms with Crippen LogP contribution in [0.5, 0.6) is 0 Å². The lowest BCUT2D eigenvalue weighted by molar-refractivity contribution is 0.645. The Labute approximate surface area is 90.8 Å². The number of aliphatic imine (C=N–C) groups is 2. The molecule has 80 valence electrons. The highest BCUT2D eigenvalue weighted by atomic mass is 14.9. The molecule has 1 rings (SSSR count). The Morgan fingerprint density at radius 2 is 2.60 bits per heavy atom. The van der Waals surface area contributed by atoms with Crippen LogP contribution in [0, 0.1) is 5.92 Å². The molecule has 0 amide bonds. The van der Waals surface area contributed by atoms with E-state index < -0.39 is 0 Å². The van der Waals surface area contributed by atoms with Crippen molar-refractivity contribution in [3.05, 3.63) is 36.3 Å². The molecule has 3 nitrogen and oxygen atoms in total. The van der Waals surface area contributed by atoms with E-state index in [0.717, 1.165) is 24.2 Å². The largest absolute Gasteiger partial charge is 0.404 e. The predicted octanol–water partition coefficient (Wildman–Crippen LogP) is 2.43. The van der Waals surface area contributed by atoms with Crippen LogP contribution >= 0.6 is 0 Å². The van der Waals surface area contributed by atoms with Crippen LogP contribution in [0.15, 0.2) is 46.3 Å². The molecule has 1 aliphatic heterocycles. The Hall–Kier alpha value is -1.64. The number of nitrogens with zero attached hydrogens (tertiary/aromatic N) is 2. The first-order valence-corrected chi connectivity index (χ1v) is 5.13. The molecular formula is C12H17N3. The van der Waals surface area contributed by atoms with Crippen molar-refractivity contribution in [2.45, 2.75) is 19.8 Å². The minimum Gasteiger partial charge on any atom is -0.404 e. The van der Waals surface area contributed by atoms with Crippen molar-refractivity contribution in [2.24, 2.45) is 21.6 Å². The standard InChI is InChI=1S/C12H17N3/c1-3-10-5-6-14-12(7-10)15-9-11(4-2)8-13/h4,6-10H,2-3,5,13H2,1H3. The molecule has 3 heteroatoms. The van der Waals surface area contributed by atoms with Gasteiger partial charge in [-0.1, -0.05) is 19.6 Å². The monoisotopic (exact) mass is 203 g/mol. The molecule has 1 atom stereocenters. The van der Waals surface area contributed by atoms with Crippen LogP contribution in [-0.4, -0.2) is 12.4 Å². The number of nitrogens with two attached hydrogens (primary N) is 1. The smallest absolute Gasteiger partial charge is 0.147 e. The van der Waals surface area contributed by atoms with E-state index in [9.17, 15) is 0 Å². The first kappa shape index (κ1) is 11.4. The quantitative estimate of drug-likeness (QED) is 0.553. The van der Waals surface area contributed by atoms with Crippen LogP contribution in [0.4, 0.5) is 0 Å². The molecule has 1 unspecified atom stereocenters. The maximum absolute atomic E-state index is 5.37. The molecule has 0 saturated heterocycles. The summed E-state index contributed by atoms with van der Waals surface area (Å²) < 4.78 is 0. The van der Waals surface area contributed by atoms with Crippen molar-refractivity contribution in [2.75, 3.05) is 0 Å². The summed E-state index contributed by atoms with van der Waals surface area (Å²) in [6.07, 6.45) is 10.9. The van der Waals surface area contributed by atoms with Crippen molar-refractivity contribution >= 4 is 12.4 Å². The van der Waals surface area contributed by atoms with E-state index in [-0.39, 0.29) is 0 Å². The van der Waals surface area contributed by atoms with Gasteiger partial charge in [-0.05, 0) is 24.8 Å². The van der Waals surface area contributed by atoms with Crippen LogP contribution < -0.4 is 5.73 Å². The lowest BCUT2D eigenvalue weighted by atomic mass is 10.0. The molecule has 0 aliphatic carbocycles. The third kappa shape index (κ3) is 3.54. The first-order valence-electron chi connectivity index (χ1n) is 5.13. The van der Waals surface area contributed by atoms with Gasteiger partial charge in [0.05, 0.1) is 0 Å². The van der Waals surface area contributed by atoms with E-state index in [1.165, 1.54) is 6.20 Å². The van der Waals surface area contributed by atoms with Crippen LogP contribution in [0.3, 0.4) is 0 Å². The average molecular weight is 203 g/mol. The number of hydrogen-bond donors (Lipinski definition) is 1. The minimum atomic E-state index is 0.559. The average Bonchev–Trinajstić information content (AvgIpc) is 2.31. The molecule has 0 spiro atoms. The van der Waals surface area contributed by atoms with Crippen molar-refractivity contribution in [1.29, 1.82) is 0 Å². The summed E-state index contributed by atoms with van der Waals surface area (Å²) in [6.45, 7) is 5.79. The molecule has 0 aromatic heterocycles. The second kappa shape index (κ2) is 5.96. The van der Waals surface area contributed by atoms with Gasteiger partial charge in [-0.3, -0.25) is 0 Å². The summed E-state index contributed by atoms with van der Waals surface area (Å²) in [7, 11) is 0. The zero-order valence-corrected chi connectivity index (χ0v) is 9.06. The summed E-state index contributed by atoms with van der Waals surface area (Å²) >= 11 is 0. The molecular weight excluding hydrogens is 186 g/mol. The normalized spacial score (nSPS) is 21.8. The van der Waals surface area contributed by atoms with E-state index >= 15 is 0 Å². The van der Waals surface area contributed by atoms with E-state index in [4.69, 9.17) is 5.73 Å². The second-order valence-electron chi connectivity index (χ2n) is 3.37. The van der Waals surface area contributed by atoms with Crippen LogP contribution in [0.25, 0.3) is 0 Å². The fourth-order valence-electron chi connectivity index (χ4n) is 1.27. The highest BCUT2D eigenvalue weighted by molar-refractivity contribution is 5.82. The fraction of sp³-hybridized carbons (Fsp3) is 0.333. The Balaban J connectivity index is 2.69. The summed E-state index contributed by atoms with van der Waals surface area (Å²) in [5.74, 6) is 1.32. The van der Waals surface area contributed by atoms with Gasteiger partial charge in [-0.2, -0.15) is 0 Å². The molecule has 1 aliphatic rings. The third-order valence-electron chi connectivity index (χ3n) is 2.31. The van der Waals surface area contributed by atoms with Crippen LogP contribution in [0.1, 0.15) is 19.8 Å². The van der Waals surface area contributed by atoms with Crippen LogP contribution in [-0.2, 0) is 0 Å². The maximum atomic E-state index is 5.37. The number of rotatable bonds is 4. The van der Waals surface area contributed by atoms with Gasteiger partial charge in [0, 0.05) is 24.2 Å². The Morgan fingerprint density at radius 3 is 3.20 bits per heavy atom. The summed E-state index contributed by atoms with van der Waals surface area (Å²) in [4.78, 5) is 8.45. The maximum Gasteiger partial charge on any atom is 0.147 e. The summed E-state index contributed by atoms with van der Waals surface area (Å²) in [5.41, 5.74) is 6.17. The molecule has 15 heavy (non-hydrogen) atoms. The molecule has 0 aromatic rings. The van der Waals surface area contributed by atoms with Gasteiger partial charge in [0.25, 0.3) is 0 Å². The highest BCUT2D eigenvalue weighted by Gasteiger charge is 2.06. The van der Waals surface area contributed by atoms with E-state index in [1.807, 2.05) is 6.21 Å². The van der Waals surface area contributed by atoms with Crippen molar-refractivity contribution in [1.82, 2.24) is 0 Å². The van der Waals surface area contributed by atoms with Gasteiger partial charge >= 0.3 is 0 Å². The summed E-state index contributed by atoms with van der Waals surface area (Å²) in [5, 5.41) is 0. The zero-order valence-electron chi connectivity index (χ0n) is 9.06. The van der Waals surface area contributed by atoms with Crippen LogP contribution in [0.2, 0.25) is 0 Å². The lowest BCUT2D eigenvalue weighted by Crippen LogP contribution is -2.01. The number of allylic oxidation sites excluding steroid dienone is 3. The molecule has 1 heterocycles. The van der Waals surface area contributed by atoms with Gasteiger partial charge in [0.1, 0.15) is 5.82 Å². The number of hydrogen-bond acceptors (Lipinski definition) is 3. The molecule has 2 N–H and O–H groups in total. The highest BCUT2D eigenvalue weighted by Crippen LogP contribution is 2.17. The predicted molar refractivity (Wildman–Crippen MR) is 65.9 cm³/mol. The molecule has 0 saturated carbocycles. The fourth-order valence-corrected chi connectivity index (χ4v) is 1.27. The van der Waals surface area contributed by atoms with E-state index in [0.29, 0.717) is 5.92 Å². The van der Waals surface area contributed by atoms with Crippen molar-refractivity contribution < 1.29 is 0 Å². The second-order valence-corrected chi connectivity index (χ2v) is 3.37. The van der Waals surface area contributed by atoms with Gasteiger partial charge < -0.3 is 5.73 Å². The summed E-state index contributed by atoms with van der Waals surface area (Å²) in [6, 6.07) is 0. The molecule has 0 bridgehead atoms. The SMILES string of the molecule is C=CC(C=NC1=CC(CC)CC=N1)=CN. The molecule has 0 aromatic carbocycles. The van der Waals surface area contributed by atoms with E-state index in [2.05, 4.69) is 29.6 Å². The van der Waals surface area contributed by atoms with Gasteiger partial charge in [0.15, 0.2) is 0 Å². The zero-order chi connectivity index (χ0) is 11.1. The topological polar surface area (TPSA) is 50.7 Å². The Morgan fingerprint density at radius 1 is 1.80 bits per heavy atom. The van der Waals surface area contributed by atoms with Crippen molar-refractivity contribution in [3.8, 4) is 0 Å². The van der Waals surface area contributed by atoms with Crippen molar-refractivity contribution in [3.63, 3.8) is 0 Å². The van der Waals surface area contributed by atoms with Gasteiger partial charge in [-0.15, -0.1) is 0 Å². The van der Waals surface area contributed by atoms with E-state index in [1.54, 1.807) is 12.3 Å². The molecule has 0 radical (unpaired) electrons. The Kier molecular flexibility index (Phi) is 4.54. The third-order valence-corrected chi connectivity index (χ3v) is 2.31. The molecule has 0 fully saturated rings. The first-order chi connectivity index (χ1) is 7.30.